The minimum atomic E-state index is -1.34. The highest BCUT2D eigenvalue weighted by Gasteiger charge is 2.48. The summed E-state index contributed by atoms with van der Waals surface area (Å²) in [6.45, 7) is 9.69. The molecule has 0 amide bonds. The Labute approximate surface area is 159 Å². The molecule has 0 fully saturated rings. The van der Waals surface area contributed by atoms with Crippen molar-refractivity contribution < 1.29 is 24.2 Å². The zero-order valence-corrected chi connectivity index (χ0v) is 16.3. The molecule has 144 valence electrons. The van der Waals surface area contributed by atoms with Gasteiger partial charge in [-0.15, -0.1) is 0 Å². The predicted octanol–water partition coefficient (Wildman–Crippen LogP) is 2.77. The van der Waals surface area contributed by atoms with Crippen molar-refractivity contribution in [1.29, 1.82) is 0 Å². The molecule has 0 saturated heterocycles. The number of esters is 2. The van der Waals surface area contributed by atoms with E-state index < -0.39 is 24.1 Å². The molecule has 2 aliphatic rings. The first kappa shape index (κ1) is 19.2. The Morgan fingerprint density at radius 3 is 2.56 bits per heavy atom. The zero-order valence-electron chi connectivity index (χ0n) is 16.3. The largest absolute Gasteiger partial charge is 0.460 e. The van der Waals surface area contributed by atoms with Crippen molar-refractivity contribution in [1.82, 2.24) is 4.90 Å². The molecule has 6 heteroatoms. The number of carbonyl (C=O) groups is 2. The minimum absolute atomic E-state index is 0.290. The van der Waals surface area contributed by atoms with Crippen LogP contribution in [0.2, 0.25) is 0 Å². The summed E-state index contributed by atoms with van der Waals surface area (Å²) in [5, 5.41) is 10.3. The maximum atomic E-state index is 13.0. The van der Waals surface area contributed by atoms with E-state index in [4.69, 9.17) is 9.47 Å². The van der Waals surface area contributed by atoms with Crippen LogP contribution < -0.4 is 0 Å². The summed E-state index contributed by atoms with van der Waals surface area (Å²) in [5.74, 6) is -1.71. The molecule has 0 bridgehead atoms. The average Bonchev–Trinajstić information content (AvgIpc) is 2.88. The van der Waals surface area contributed by atoms with Gasteiger partial charge in [0.05, 0.1) is 28.9 Å². The molecule has 0 saturated carbocycles. The van der Waals surface area contributed by atoms with Gasteiger partial charge < -0.3 is 19.5 Å². The van der Waals surface area contributed by atoms with Gasteiger partial charge >= 0.3 is 11.9 Å². The Morgan fingerprint density at radius 1 is 1.30 bits per heavy atom. The molecule has 1 N–H and O–H groups in total. The van der Waals surface area contributed by atoms with Crippen LogP contribution in [0.4, 0.5) is 0 Å². The molecule has 1 aromatic carbocycles. The lowest BCUT2D eigenvalue weighted by Gasteiger charge is -2.36. The molecule has 2 aliphatic heterocycles. The molecular weight excluding hydrogens is 346 g/mol. The van der Waals surface area contributed by atoms with Crippen LogP contribution in [0.25, 0.3) is 0 Å². The molecule has 2 heterocycles. The van der Waals surface area contributed by atoms with Gasteiger partial charge in [-0.3, -0.25) is 0 Å². The third-order valence-corrected chi connectivity index (χ3v) is 4.99. The summed E-state index contributed by atoms with van der Waals surface area (Å²) in [4.78, 5) is 27.4. The van der Waals surface area contributed by atoms with Crippen LogP contribution in [-0.4, -0.2) is 40.9 Å². The highest BCUT2D eigenvalue weighted by Crippen LogP contribution is 2.47. The Morgan fingerprint density at radius 2 is 1.96 bits per heavy atom. The fourth-order valence-electron chi connectivity index (χ4n) is 3.85. The Bertz CT molecular complexity index is 852. The number of cyclic esters (lactones) is 1. The first-order chi connectivity index (χ1) is 12.8. The second-order valence-electron chi connectivity index (χ2n) is 7.04. The van der Waals surface area contributed by atoms with Gasteiger partial charge in [0.15, 0.2) is 0 Å². The van der Waals surface area contributed by atoms with E-state index in [1.54, 1.807) is 18.7 Å². The highest BCUT2D eigenvalue weighted by atomic mass is 16.6. The number of carbonyl (C=O) groups excluding carboxylic acids is 2. The van der Waals surface area contributed by atoms with Gasteiger partial charge in [-0.2, -0.15) is 0 Å². The molecule has 1 aromatic rings. The van der Waals surface area contributed by atoms with Crippen LogP contribution in [0.1, 0.15) is 44.7 Å². The number of likely N-dealkylation sites (N-methyl/N-ethyl adjacent to an activating group) is 1. The van der Waals surface area contributed by atoms with Crippen molar-refractivity contribution in [3.8, 4) is 0 Å². The summed E-state index contributed by atoms with van der Waals surface area (Å²) in [6, 6.07) is 7.59. The van der Waals surface area contributed by atoms with E-state index >= 15 is 0 Å². The van der Waals surface area contributed by atoms with Gasteiger partial charge in [0, 0.05) is 12.2 Å². The second kappa shape index (κ2) is 7.19. The number of nitrogens with zero attached hydrogens (tertiary/aromatic N) is 1. The molecule has 0 radical (unpaired) electrons. The number of rotatable bonds is 4. The lowest BCUT2D eigenvalue weighted by atomic mass is 9.78. The fraction of sp³-hybridized carbons (Fsp3) is 0.429. The number of aliphatic hydroxyl groups excluding tert-OH is 1. The first-order valence-electron chi connectivity index (χ1n) is 9.15. The summed E-state index contributed by atoms with van der Waals surface area (Å²) < 4.78 is 10.6. The van der Waals surface area contributed by atoms with Gasteiger partial charge in [0.2, 0.25) is 6.29 Å². The highest BCUT2D eigenvalue weighted by molar-refractivity contribution is 6.01. The number of aryl methyl sites for hydroxylation is 1. The van der Waals surface area contributed by atoms with Crippen LogP contribution in [0.3, 0.4) is 0 Å². The average molecular weight is 371 g/mol. The molecule has 0 aliphatic carbocycles. The standard InChI is InChI=1S/C21H25NO5/c1-6-22-13(5)15(19(23)26-11(2)3)16(14-10-8-7-9-12(14)4)17-18(22)21(25)27-20(17)24/h7-11,16,21,25H,6H2,1-5H3. The van der Waals surface area contributed by atoms with Crippen LogP contribution in [0.15, 0.2) is 46.8 Å². The Balaban J connectivity index is 2.27. The molecule has 2 unspecified atom stereocenters. The van der Waals surface area contributed by atoms with Crippen LogP contribution in [0, 0.1) is 6.92 Å². The topological polar surface area (TPSA) is 76.1 Å². The van der Waals surface area contributed by atoms with Crippen LogP contribution in [0.5, 0.6) is 0 Å². The Kier molecular flexibility index (Phi) is 5.11. The van der Waals surface area contributed by atoms with Gasteiger partial charge in [0.1, 0.15) is 0 Å². The number of allylic oxidation sites excluding steroid dienone is 1. The first-order valence-corrected chi connectivity index (χ1v) is 9.15. The van der Waals surface area contributed by atoms with Crippen molar-refractivity contribution in [3.63, 3.8) is 0 Å². The van der Waals surface area contributed by atoms with Crippen molar-refractivity contribution in [2.24, 2.45) is 0 Å². The zero-order chi connectivity index (χ0) is 19.9. The third kappa shape index (κ3) is 3.14. The van der Waals surface area contributed by atoms with Crippen molar-refractivity contribution in [3.05, 3.63) is 57.9 Å². The smallest absolute Gasteiger partial charge is 0.339 e. The molecule has 3 rings (SSSR count). The second-order valence-corrected chi connectivity index (χ2v) is 7.04. The van der Waals surface area contributed by atoms with Crippen molar-refractivity contribution in [2.75, 3.05) is 6.54 Å². The van der Waals surface area contributed by atoms with E-state index in [2.05, 4.69) is 0 Å². The van der Waals surface area contributed by atoms with E-state index in [1.165, 1.54) is 0 Å². The van der Waals surface area contributed by atoms with Gasteiger partial charge in [0.25, 0.3) is 0 Å². The summed E-state index contributed by atoms with van der Waals surface area (Å²) >= 11 is 0. The fourth-order valence-corrected chi connectivity index (χ4v) is 3.85. The molecule has 6 nitrogen and oxygen atoms in total. The third-order valence-electron chi connectivity index (χ3n) is 4.99. The number of hydrogen-bond acceptors (Lipinski definition) is 6. The molecule has 0 spiro atoms. The maximum absolute atomic E-state index is 13.0. The van der Waals surface area contributed by atoms with E-state index in [1.807, 2.05) is 45.0 Å². The predicted molar refractivity (Wildman–Crippen MR) is 99.4 cm³/mol. The van der Waals surface area contributed by atoms with Crippen molar-refractivity contribution in [2.45, 2.75) is 52.9 Å². The lowest BCUT2D eigenvalue weighted by Crippen LogP contribution is -2.36. The van der Waals surface area contributed by atoms with E-state index in [-0.39, 0.29) is 6.10 Å². The maximum Gasteiger partial charge on any atom is 0.339 e. The molecule has 2 atom stereocenters. The SMILES string of the molecule is CCN1C(C)=C(C(=O)OC(C)C)C(c2ccccc2C)C2=C1C(O)OC2=O. The van der Waals surface area contributed by atoms with E-state index in [0.717, 1.165) is 11.1 Å². The summed E-state index contributed by atoms with van der Waals surface area (Å²) in [5.41, 5.74) is 3.55. The normalized spacial score (nSPS) is 22.3. The quantitative estimate of drug-likeness (QED) is 0.820. The number of ether oxygens (including phenoxy) is 2. The van der Waals surface area contributed by atoms with Crippen LogP contribution >= 0.6 is 0 Å². The molecular formula is C21H25NO5. The minimum Gasteiger partial charge on any atom is -0.460 e. The number of aliphatic hydroxyl groups is 1. The molecule has 0 aromatic heterocycles. The van der Waals surface area contributed by atoms with E-state index in [9.17, 15) is 14.7 Å². The molecule has 27 heavy (non-hydrogen) atoms. The Hall–Kier alpha value is -2.60. The van der Waals surface area contributed by atoms with Gasteiger partial charge in [-0.05, 0) is 45.7 Å². The van der Waals surface area contributed by atoms with Crippen LogP contribution in [-0.2, 0) is 19.1 Å². The van der Waals surface area contributed by atoms with E-state index in [0.29, 0.717) is 29.1 Å². The monoisotopic (exact) mass is 371 g/mol. The number of benzene rings is 1. The van der Waals surface area contributed by atoms with Gasteiger partial charge in [-0.25, -0.2) is 9.59 Å². The lowest BCUT2D eigenvalue weighted by molar-refractivity contribution is -0.153. The van der Waals surface area contributed by atoms with Crippen molar-refractivity contribution >= 4 is 11.9 Å². The number of hydrogen-bond donors (Lipinski definition) is 1. The summed E-state index contributed by atoms with van der Waals surface area (Å²) in [6.07, 6.45) is -1.63. The summed E-state index contributed by atoms with van der Waals surface area (Å²) in [7, 11) is 0. The van der Waals surface area contributed by atoms with Gasteiger partial charge in [-0.1, -0.05) is 24.3 Å².